The first-order valence-electron chi connectivity index (χ1n) is 5.60. The molecule has 1 aliphatic rings. The number of carboxylic acid groups (broad SMARTS) is 1. The Kier molecular flexibility index (Phi) is 4.99. The van der Waals surface area contributed by atoms with Gasteiger partial charge in [-0.25, -0.2) is 4.79 Å². The van der Waals surface area contributed by atoms with Crippen LogP contribution in [0.5, 0.6) is 0 Å². The van der Waals surface area contributed by atoms with Crippen molar-refractivity contribution in [1.29, 1.82) is 0 Å². The van der Waals surface area contributed by atoms with Crippen LogP contribution >= 0.6 is 11.8 Å². The number of carboxylic acids is 1. The molecule has 17 heavy (non-hydrogen) atoms. The van der Waals surface area contributed by atoms with Crippen LogP contribution < -0.4 is 0 Å². The van der Waals surface area contributed by atoms with Gasteiger partial charge < -0.3 is 10.0 Å². The number of amides is 1. The predicted molar refractivity (Wildman–Crippen MR) is 64.7 cm³/mol. The van der Waals surface area contributed by atoms with Gasteiger partial charge in [-0.2, -0.15) is 0 Å². The van der Waals surface area contributed by atoms with Crippen molar-refractivity contribution in [2.45, 2.75) is 32.7 Å². The SMILES string of the molecule is CC(=O)SC[C@@H](C)C(=O)N1CCCC1C(=O)O. The van der Waals surface area contributed by atoms with E-state index in [1.165, 1.54) is 11.8 Å². The van der Waals surface area contributed by atoms with E-state index in [0.717, 1.165) is 18.2 Å². The first-order chi connectivity index (χ1) is 7.93. The van der Waals surface area contributed by atoms with Crippen LogP contribution in [0.4, 0.5) is 0 Å². The lowest BCUT2D eigenvalue weighted by atomic mass is 10.1. The molecule has 5 nitrogen and oxygen atoms in total. The lowest BCUT2D eigenvalue weighted by Gasteiger charge is -2.24. The Morgan fingerprint density at radius 2 is 2.12 bits per heavy atom. The zero-order valence-electron chi connectivity index (χ0n) is 10.0. The van der Waals surface area contributed by atoms with E-state index in [0.29, 0.717) is 18.7 Å². The van der Waals surface area contributed by atoms with E-state index in [1.54, 1.807) is 6.92 Å². The molecule has 0 aromatic carbocycles. The second-order valence-corrected chi connectivity index (χ2v) is 5.43. The number of hydrogen-bond donors (Lipinski definition) is 1. The summed E-state index contributed by atoms with van der Waals surface area (Å²) >= 11 is 1.10. The maximum Gasteiger partial charge on any atom is 0.326 e. The molecule has 0 bridgehead atoms. The fourth-order valence-corrected chi connectivity index (χ4v) is 2.51. The van der Waals surface area contributed by atoms with E-state index in [1.807, 2.05) is 0 Å². The molecule has 6 heteroatoms. The van der Waals surface area contributed by atoms with Crippen molar-refractivity contribution < 1.29 is 19.5 Å². The zero-order valence-corrected chi connectivity index (χ0v) is 10.8. The molecular weight excluding hydrogens is 242 g/mol. The number of rotatable bonds is 4. The van der Waals surface area contributed by atoms with Gasteiger partial charge in [-0.05, 0) is 12.8 Å². The summed E-state index contributed by atoms with van der Waals surface area (Å²) in [4.78, 5) is 35.2. The minimum atomic E-state index is -0.942. The van der Waals surface area contributed by atoms with Crippen LogP contribution in [0.15, 0.2) is 0 Å². The first kappa shape index (κ1) is 14.0. The van der Waals surface area contributed by atoms with Crippen molar-refractivity contribution in [2.24, 2.45) is 5.92 Å². The third-order valence-electron chi connectivity index (χ3n) is 2.78. The van der Waals surface area contributed by atoms with Crippen molar-refractivity contribution in [3.05, 3.63) is 0 Å². The van der Waals surface area contributed by atoms with Gasteiger partial charge in [0, 0.05) is 25.1 Å². The van der Waals surface area contributed by atoms with Gasteiger partial charge in [-0.1, -0.05) is 18.7 Å². The third-order valence-corrected chi connectivity index (χ3v) is 3.85. The van der Waals surface area contributed by atoms with Gasteiger partial charge in [-0.15, -0.1) is 0 Å². The van der Waals surface area contributed by atoms with E-state index < -0.39 is 12.0 Å². The number of carbonyl (C=O) groups is 3. The highest BCUT2D eigenvalue weighted by molar-refractivity contribution is 8.13. The van der Waals surface area contributed by atoms with Crippen molar-refractivity contribution in [2.75, 3.05) is 12.3 Å². The quantitative estimate of drug-likeness (QED) is 0.814. The molecule has 96 valence electrons. The summed E-state index contributed by atoms with van der Waals surface area (Å²) in [5.41, 5.74) is 0. The Morgan fingerprint density at radius 1 is 1.47 bits per heavy atom. The summed E-state index contributed by atoms with van der Waals surface area (Å²) in [6.45, 7) is 3.69. The molecule has 0 aromatic rings. The van der Waals surface area contributed by atoms with Crippen LogP contribution in [-0.2, 0) is 14.4 Å². The molecule has 1 heterocycles. The van der Waals surface area contributed by atoms with Crippen LogP contribution in [0.3, 0.4) is 0 Å². The van der Waals surface area contributed by atoms with E-state index in [2.05, 4.69) is 0 Å². The maximum atomic E-state index is 12.0. The average molecular weight is 259 g/mol. The second-order valence-electron chi connectivity index (χ2n) is 4.23. The molecule has 0 aliphatic carbocycles. The average Bonchev–Trinajstić information content (AvgIpc) is 2.73. The monoisotopic (exact) mass is 259 g/mol. The van der Waals surface area contributed by atoms with Gasteiger partial charge in [0.05, 0.1) is 0 Å². The van der Waals surface area contributed by atoms with Crippen LogP contribution in [0.1, 0.15) is 26.7 Å². The van der Waals surface area contributed by atoms with Crippen LogP contribution in [0.2, 0.25) is 0 Å². The summed E-state index contributed by atoms with van der Waals surface area (Å²) in [5.74, 6) is -1.01. The smallest absolute Gasteiger partial charge is 0.326 e. The molecule has 1 unspecified atom stereocenters. The molecule has 0 aromatic heterocycles. The topological polar surface area (TPSA) is 74.7 Å². The lowest BCUT2D eigenvalue weighted by Crippen LogP contribution is -2.43. The minimum Gasteiger partial charge on any atom is -0.480 e. The molecule has 1 fully saturated rings. The van der Waals surface area contributed by atoms with Gasteiger partial charge in [0.15, 0.2) is 5.12 Å². The summed E-state index contributed by atoms with van der Waals surface area (Å²) in [6, 6.07) is -0.688. The van der Waals surface area contributed by atoms with Crippen molar-refractivity contribution in [3.8, 4) is 0 Å². The van der Waals surface area contributed by atoms with Gasteiger partial charge in [0.2, 0.25) is 5.91 Å². The molecule has 2 atom stereocenters. The zero-order chi connectivity index (χ0) is 13.0. The lowest BCUT2D eigenvalue weighted by molar-refractivity contribution is -0.149. The number of thioether (sulfide) groups is 1. The maximum absolute atomic E-state index is 12.0. The van der Waals surface area contributed by atoms with Crippen molar-refractivity contribution in [3.63, 3.8) is 0 Å². The van der Waals surface area contributed by atoms with Crippen LogP contribution in [0, 0.1) is 5.92 Å². The van der Waals surface area contributed by atoms with Crippen molar-refractivity contribution >= 4 is 28.8 Å². The number of hydrogen-bond acceptors (Lipinski definition) is 4. The summed E-state index contributed by atoms with van der Waals surface area (Å²) in [5, 5.41) is 8.95. The molecule has 1 amide bonds. The molecule has 0 radical (unpaired) electrons. The van der Waals surface area contributed by atoms with Gasteiger partial charge >= 0.3 is 5.97 Å². The largest absolute Gasteiger partial charge is 0.480 e. The fraction of sp³-hybridized carbons (Fsp3) is 0.727. The predicted octanol–water partition coefficient (Wildman–Crippen LogP) is 0.978. The normalized spacial score (nSPS) is 21.3. The number of carbonyl (C=O) groups excluding carboxylic acids is 2. The summed E-state index contributed by atoms with van der Waals surface area (Å²) in [7, 11) is 0. The molecular formula is C11H17NO4S. The van der Waals surface area contributed by atoms with Gasteiger partial charge in [-0.3, -0.25) is 9.59 Å². The summed E-state index contributed by atoms with van der Waals surface area (Å²) < 4.78 is 0. The number of likely N-dealkylation sites (tertiary alicyclic amines) is 1. The Labute approximate surface area is 105 Å². The minimum absolute atomic E-state index is 0.0270. The standard InChI is InChI=1S/C11H17NO4S/c1-7(6-17-8(2)13)10(14)12-5-3-4-9(12)11(15)16/h7,9H,3-6H2,1-2H3,(H,15,16)/t7-,9?/m1/s1. The highest BCUT2D eigenvalue weighted by atomic mass is 32.2. The van der Waals surface area contributed by atoms with Crippen molar-refractivity contribution in [1.82, 2.24) is 4.90 Å². The number of nitrogens with zero attached hydrogens (tertiary/aromatic N) is 1. The van der Waals surface area contributed by atoms with E-state index in [9.17, 15) is 14.4 Å². The number of aliphatic carboxylic acids is 1. The highest BCUT2D eigenvalue weighted by Gasteiger charge is 2.35. The van der Waals surface area contributed by atoms with Crippen LogP contribution in [0.25, 0.3) is 0 Å². The molecule has 1 aliphatic heterocycles. The molecule has 0 spiro atoms. The Morgan fingerprint density at radius 3 is 2.65 bits per heavy atom. The van der Waals surface area contributed by atoms with Crippen LogP contribution in [-0.4, -0.2) is 45.3 Å². The Hall–Kier alpha value is -1.04. The van der Waals surface area contributed by atoms with E-state index in [-0.39, 0.29) is 16.9 Å². The van der Waals surface area contributed by atoms with E-state index in [4.69, 9.17) is 5.11 Å². The highest BCUT2D eigenvalue weighted by Crippen LogP contribution is 2.21. The van der Waals surface area contributed by atoms with E-state index >= 15 is 0 Å². The molecule has 1 rings (SSSR count). The molecule has 1 saturated heterocycles. The second kappa shape index (κ2) is 6.05. The summed E-state index contributed by atoms with van der Waals surface area (Å²) in [6.07, 6.45) is 1.25. The van der Waals surface area contributed by atoms with Gasteiger partial charge in [0.1, 0.15) is 6.04 Å². The molecule has 1 N–H and O–H groups in total. The Balaban J connectivity index is 2.56. The Bertz CT molecular complexity index is 331. The first-order valence-corrected chi connectivity index (χ1v) is 6.58. The third kappa shape index (κ3) is 3.73. The molecule has 0 saturated carbocycles. The van der Waals surface area contributed by atoms with Gasteiger partial charge in [0.25, 0.3) is 0 Å². The fourth-order valence-electron chi connectivity index (χ4n) is 1.88.